The lowest BCUT2D eigenvalue weighted by atomic mass is 10.1. The van der Waals surface area contributed by atoms with E-state index in [4.69, 9.17) is 4.42 Å². The number of carbonyl (C=O) groups excluding carboxylic acids is 1. The minimum absolute atomic E-state index is 0.00481. The van der Waals surface area contributed by atoms with Crippen LogP contribution in [0.4, 0.5) is 18.0 Å². The number of nitrogens with zero attached hydrogens (tertiary/aromatic N) is 2. The van der Waals surface area contributed by atoms with Crippen LogP contribution in [-0.4, -0.2) is 67.8 Å². The van der Waals surface area contributed by atoms with E-state index in [1.165, 1.54) is 11.3 Å². The highest BCUT2D eigenvalue weighted by atomic mass is 19.4. The summed E-state index contributed by atoms with van der Waals surface area (Å²) in [6.07, 6.45) is 1.63. The van der Waals surface area contributed by atoms with Gasteiger partial charge in [-0.2, -0.15) is 13.2 Å². The maximum atomic E-state index is 12.5. The Hall–Kier alpha value is -1.74. The van der Waals surface area contributed by atoms with Gasteiger partial charge in [0, 0.05) is 19.6 Å². The van der Waals surface area contributed by atoms with Crippen LogP contribution in [0.2, 0.25) is 0 Å². The lowest BCUT2D eigenvalue weighted by molar-refractivity contribution is -0.143. The smallest absolute Gasteiger partial charge is 0.401 e. The van der Waals surface area contributed by atoms with E-state index in [1.807, 2.05) is 12.1 Å². The molecule has 9 heteroatoms. The fourth-order valence-corrected chi connectivity index (χ4v) is 4.09. The molecule has 1 aromatic heterocycles. The molecule has 2 aliphatic rings. The summed E-state index contributed by atoms with van der Waals surface area (Å²) in [5.41, 5.74) is 0. The number of halogens is 3. The number of alkyl halides is 3. The average Bonchev–Trinajstić information content (AvgIpc) is 3.32. The Kier molecular flexibility index (Phi) is 7.23. The molecule has 6 nitrogen and oxygen atoms in total. The van der Waals surface area contributed by atoms with Crippen molar-refractivity contribution in [3.8, 4) is 0 Å². The van der Waals surface area contributed by atoms with Gasteiger partial charge in [0.05, 0.1) is 18.8 Å². The van der Waals surface area contributed by atoms with Crippen molar-refractivity contribution in [3.63, 3.8) is 0 Å². The van der Waals surface area contributed by atoms with E-state index in [2.05, 4.69) is 15.5 Å². The number of carbonyl (C=O) groups is 1. The first-order chi connectivity index (χ1) is 13.4. The molecule has 2 atom stereocenters. The molecule has 0 aliphatic carbocycles. The summed E-state index contributed by atoms with van der Waals surface area (Å²) in [6.45, 7) is 2.68. The number of rotatable bonds is 7. The average molecular weight is 402 g/mol. The van der Waals surface area contributed by atoms with Gasteiger partial charge in [0.25, 0.3) is 0 Å². The van der Waals surface area contributed by atoms with E-state index >= 15 is 0 Å². The molecule has 0 aromatic carbocycles. The van der Waals surface area contributed by atoms with E-state index in [0.29, 0.717) is 32.6 Å². The third-order valence-electron chi connectivity index (χ3n) is 5.48. The van der Waals surface area contributed by atoms with Gasteiger partial charge < -0.3 is 15.1 Å². The molecule has 0 spiro atoms. The highest BCUT2D eigenvalue weighted by Gasteiger charge is 2.34. The van der Waals surface area contributed by atoms with Gasteiger partial charge in [0.2, 0.25) is 0 Å². The SMILES string of the molecule is O=C(NCC1CCN(CC(F)(F)F)C1)NCC(c1ccco1)N1CCCCC1. The fourth-order valence-electron chi connectivity index (χ4n) is 4.09. The van der Waals surface area contributed by atoms with E-state index < -0.39 is 12.7 Å². The number of amides is 2. The normalized spacial score (nSPS) is 22.9. The predicted molar refractivity (Wildman–Crippen MR) is 98.9 cm³/mol. The molecule has 0 saturated carbocycles. The number of piperidine rings is 1. The van der Waals surface area contributed by atoms with Crippen molar-refractivity contribution < 1.29 is 22.4 Å². The first-order valence-corrected chi connectivity index (χ1v) is 9.99. The quantitative estimate of drug-likeness (QED) is 0.736. The molecule has 2 unspecified atom stereocenters. The molecule has 2 N–H and O–H groups in total. The van der Waals surface area contributed by atoms with Crippen LogP contribution in [0.15, 0.2) is 22.8 Å². The Bertz CT molecular complexity index is 603. The molecule has 2 saturated heterocycles. The highest BCUT2D eigenvalue weighted by Crippen LogP contribution is 2.25. The Morgan fingerprint density at radius 2 is 2.00 bits per heavy atom. The van der Waals surface area contributed by atoms with Gasteiger partial charge in [-0.1, -0.05) is 6.42 Å². The number of likely N-dealkylation sites (tertiary alicyclic amines) is 2. The molecule has 158 valence electrons. The van der Waals surface area contributed by atoms with Crippen molar-refractivity contribution in [2.24, 2.45) is 5.92 Å². The third-order valence-corrected chi connectivity index (χ3v) is 5.48. The first-order valence-electron chi connectivity index (χ1n) is 9.99. The first kappa shape index (κ1) is 21.0. The van der Waals surface area contributed by atoms with Crippen molar-refractivity contribution in [1.82, 2.24) is 20.4 Å². The van der Waals surface area contributed by atoms with Crippen molar-refractivity contribution in [2.45, 2.75) is 37.9 Å². The van der Waals surface area contributed by atoms with Crippen LogP contribution in [-0.2, 0) is 0 Å². The maximum Gasteiger partial charge on any atom is 0.401 e. The topological polar surface area (TPSA) is 60.8 Å². The predicted octanol–water partition coefficient (Wildman–Crippen LogP) is 2.99. The molecule has 2 fully saturated rings. The maximum absolute atomic E-state index is 12.5. The van der Waals surface area contributed by atoms with Gasteiger partial charge in [-0.3, -0.25) is 9.80 Å². The van der Waals surface area contributed by atoms with Crippen molar-refractivity contribution in [2.75, 3.05) is 45.8 Å². The van der Waals surface area contributed by atoms with Crippen LogP contribution in [0.1, 0.15) is 37.5 Å². The second-order valence-electron chi connectivity index (χ2n) is 7.72. The van der Waals surface area contributed by atoms with Gasteiger partial charge in [-0.25, -0.2) is 4.79 Å². The lowest BCUT2D eigenvalue weighted by Crippen LogP contribution is -2.44. The molecule has 28 heavy (non-hydrogen) atoms. The summed E-state index contributed by atoms with van der Waals surface area (Å²) in [5.74, 6) is 0.886. The molecule has 0 radical (unpaired) electrons. The summed E-state index contributed by atoms with van der Waals surface area (Å²) in [7, 11) is 0. The van der Waals surface area contributed by atoms with Crippen LogP contribution < -0.4 is 10.6 Å². The fraction of sp³-hybridized carbons (Fsp3) is 0.737. The minimum Gasteiger partial charge on any atom is -0.468 e. The molecular formula is C19H29F3N4O2. The van der Waals surface area contributed by atoms with E-state index in [0.717, 1.165) is 31.7 Å². The minimum atomic E-state index is -4.17. The molecule has 1 aromatic rings. The number of urea groups is 1. The summed E-state index contributed by atoms with van der Waals surface area (Å²) >= 11 is 0. The van der Waals surface area contributed by atoms with Crippen molar-refractivity contribution in [3.05, 3.63) is 24.2 Å². The second kappa shape index (κ2) is 9.65. The zero-order chi connectivity index (χ0) is 20.0. The van der Waals surface area contributed by atoms with Crippen LogP contribution in [0.3, 0.4) is 0 Å². The lowest BCUT2D eigenvalue weighted by Gasteiger charge is -2.33. The number of hydrogen-bond acceptors (Lipinski definition) is 4. The zero-order valence-corrected chi connectivity index (χ0v) is 16.0. The molecule has 2 amide bonds. The Labute approximate surface area is 163 Å². The molecule has 3 heterocycles. The highest BCUT2D eigenvalue weighted by molar-refractivity contribution is 5.73. The van der Waals surface area contributed by atoms with Gasteiger partial charge in [-0.15, -0.1) is 0 Å². The zero-order valence-electron chi connectivity index (χ0n) is 16.0. The number of furan rings is 1. The summed E-state index contributed by atoms with van der Waals surface area (Å²) < 4.78 is 42.9. The van der Waals surface area contributed by atoms with Crippen LogP contribution in [0, 0.1) is 5.92 Å². The molecule has 2 aliphatic heterocycles. The summed E-state index contributed by atoms with van der Waals surface area (Å²) in [6, 6.07) is 3.48. The van der Waals surface area contributed by atoms with E-state index in [1.54, 1.807) is 6.26 Å². The van der Waals surface area contributed by atoms with Gasteiger partial charge in [0.1, 0.15) is 5.76 Å². The van der Waals surface area contributed by atoms with Crippen LogP contribution in [0.25, 0.3) is 0 Å². The van der Waals surface area contributed by atoms with E-state index in [9.17, 15) is 18.0 Å². The largest absolute Gasteiger partial charge is 0.468 e. The molecule has 0 bridgehead atoms. The summed E-state index contributed by atoms with van der Waals surface area (Å²) in [5, 5.41) is 5.70. The Morgan fingerprint density at radius 1 is 1.21 bits per heavy atom. The standard InChI is InChI=1S/C19H29F3N4O2/c20-19(21,22)14-25-9-6-15(13-25)11-23-18(27)24-12-16(17-5-4-10-28-17)26-7-2-1-3-8-26/h4-5,10,15-16H,1-3,6-9,11-14H2,(H2,23,24,27). The summed E-state index contributed by atoms with van der Waals surface area (Å²) in [4.78, 5) is 15.9. The van der Waals surface area contributed by atoms with Crippen molar-refractivity contribution >= 4 is 6.03 Å². The van der Waals surface area contributed by atoms with Gasteiger partial charge >= 0.3 is 12.2 Å². The number of nitrogens with one attached hydrogen (secondary N) is 2. The van der Waals surface area contributed by atoms with Gasteiger partial charge in [-0.05, 0) is 56.9 Å². The second-order valence-corrected chi connectivity index (χ2v) is 7.72. The third kappa shape index (κ3) is 6.41. The Balaban J connectivity index is 1.41. The van der Waals surface area contributed by atoms with E-state index in [-0.39, 0.29) is 18.0 Å². The number of hydrogen-bond donors (Lipinski definition) is 2. The van der Waals surface area contributed by atoms with Crippen LogP contribution >= 0.6 is 0 Å². The van der Waals surface area contributed by atoms with Crippen LogP contribution in [0.5, 0.6) is 0 Å². The monoisotopic (exact) mass is 402 g/mol. The molecule has 3 rings (SSSR count). The van der Waals surface area contributed by atoms with Crippen molar-refractivity contribution in [1.29, 1.82) is 0 Å². The van der Waals surface area contributed by atoms with Gasteiger partial charge in [0.15, 0.2) is 0 Å². The Morgan fingerprint density at radius 3 is 2.68 bits per heavy atom. The molecular weight excluding hydrogens is 373 g/mol.